The van der Waals surface area contributed by atoms with E-state index in [-0.39, 0.29) is 0 Å². The second-order valence-electron chi connectivity index (χ2n) is 7.19. The number of halogens is 1. The Kier molecular flexibility index (Phi) is 5.25. The third-order valence-electron chi connectivity index (χ3n) is 5.16. The van der Waals surface area contributed by atoms with Crippen molar-refractivity contribution in [2.45, 2.75) is 44.9 Å². The van der Waals surface area contributed by atoms with Gasteiger partial charge in [-0.3, -0.25) is 0 Å². The van der Waals surface area contributed by atoms with Crippen molar-refractivity contribution in [3.05, 3.63) is 64.9 Å². The zero-order chi connectivity index (χ0) is 17.9. The molecule has 0 bridgehead atoms. The first-order chi connectivity index (χ1) is 12.7. The molecule has 2 N–H and O–H groups in total. The molecule has 3 aromatic rings. The maximum Gasteiger partial charge on any atom is 0.124 e. The zero-order valence-corrected chi connectivity index (χ0v) is 15.8. The minimum atomic E-state index is 0.551. The summed E-state index contributed by atoms with van der Waals surface area (Å²) >= 11 is 6.03. The lowest BCUT2D eigenvalue weighted by atomic mass is 10.0. The van der Waals surface area contributed by atoms with Crippen LogP contribution in [-0.2, 0) is 13.1 Å². The topological polar surface area (TPSA) is 41.9 Å². The van der Waals surface area contributed by atoms with Crippen LogP contribution >= 0.6 is 11.6 Å². The highest BCUT2D eigenvalue weighted by Crippen LogP contribution is 2.19. The van der Waals surface area contributed by atoms with E-state index >= 15 is 0 Å². The van der Waals surface area contributed by atoms with Crippen molar-refractivity contribution in [3.63, 3.8) is 0 Å². The van der Waals surface area contributed by atoms with Gasteiger partial charge in [-0.1, -0.05) is 35.9 Å². The second kappa shape index (κ2) is 7.78. The summed E-state index contributed by atoms with van der Waals surface area (Å²) in [6, 6.07) is 17.6. The van der Waals surface area contributed by atoms with Crippen molar-refractivity contribution >= 4 is 22.6 Å². The summed E-state index contributed by atoms with van der Waals surface area (Å²) in [6.45, 7) is 4.93. The lowest BCUT2D eigenvalue weighted by Gasteiger charge is -2.28. The summed E-state index contributed by atoms with van der Waals surface area (Å²) in [5, 5.41) is 8.00. The Bertz CT molecular complexity index is 871. The number of rotatable bonds is 5. The molecular formula is C21H25ClN4. The van der Waals surface area contributed by atoms with Crippen LogP contribution < -0.4 is 10.6 Å². The fourth-order valence-corrected chi connectivity index (χ4v) is 3.89. The molecule has 0 aliphatic carbocycles. The van der Waals surface area contributed by atoms with Crippen LogP contribution in [0.25, 0.3) is 11.0 Å². The zero-order valence-electron chi connectivity index (χ0n) is 15.1. The molecule has 1 aromatic heterocycles. The van der Waals surface area contributed by atoms with Gasteiger partial charge in [0.2, 0.25) is 0 Å². The molecule has 136 valence electrons. The van der Waals surface area contributed by atoms with Crippen LogP contribution in [0.5, 0.6) is 0 Å². The van der Waals surface area contributed by atoms with Crippen LogP contribution in [0.2, 0.25) is 5.02 Å². The van der Waals surface area contributed by atoms with E-state index in [4.69, 9.17) is 16.6 Å². The Morgan fingerprint density at radius 1 is 1.19 bits per heavy atom. The average Bonchev–Trinajstić information content (AvgIpc) is 3.00. The van der Waals surface area contributed by atoms with E-state index in [2.05, 4.69) is 52.5 Å². The third-order valence-corrected chi connectivity index (χ3v) is 5.41. The first kappa shape index (κ1) is 17.5. The van der Waals surface area contributed by atoms with Crippen LogP contribution in [0.15, 0.2) is 48.5 Å². The molecular weight excluding hydrogens is 344 g/mol. The summed E-state index contributed by atoms with van der Waals surface area (Å²) < 4.78 is 2.32. The molecule has 2 unspecified atom stereocenters. The van der Waals surface area contributed by atoms with Crippen LogP contribution in [0.1, 0.15) is 31.2 Å². The molecule has 4 nitrogen and oxygen atoms in total. The molecule has 2 aromatic carbocycles. The van der Waals surface area contributed by atoms with Crippen molar-refractivity contribution < 1.29 is 0 Å². The molecule has 0 saturated carbocycles. The number of benzene rings is 2. The van der Waals surface area contributed by atoms with Crippen molar-refractivity contribution in [1.29, 1.82) is 0 Å². The first-order valence-electron chi connectivity index (χ1n) is 9.34. The Morgan fingerprint density at radius 2 is 2.00 bits per heavy atom. The van der Waals surface area contributed by atoms with Gasteiger partial charge in [-0.05, 0) is 56.1 Å². The Hall–Kier alpha value is -1.88. The van der Waals surface area contributed by atoms with Gasteiger partial charge in [-0.2, -0.15) is 0 Å². The molecule has 1 saturated heterocycles. The highest BCUT2D eigenvalue weighted by molar-refractivity contribution is 6.30. The summed E-state index contributed by atoms with van der Waals surface area (Å²) in [5.41, 5.74) is 3.46. The van der Waals surface area contributed by atoms with E-state index in [9.17, 15) is 0 Å². The highest BCUT2D eigenvalue weighted by Gasteiger charge is 2.19. The number of para-hydroxylation sites is 2. The molecule has 0 amide bonds. The number of fused-ring (bicyclic) bond motifs is 1. The van der Waals surface area contributed by atoms with Gasteiger partial charge >= 0.3 is 0 Å². The van der Waals surface area contributed by atoms with Gasteiger partial charge < -0.3 is 15.2 Å². The molecule has 1 fully saturated rings. The van der Waals surface area contributed by atoms with Gasteiger partial charge in [-0.15, -0.1) is 0 Å². The normalized spacial score (nSPS) is 20.5. The smallest absolute Gasteiger partial charge is 0.124 e. The standard InChI is InChI=1S/C21H25ClN4/c1-15-12-18(10-11-23-15)24-13-21-25-19-4-2-3-5-20(19)26(21)14-16-6-8-17(22)9-7-16/h2-9,15,18,23-24H,10-14H2,1H3. The van der Waals surface area contributed by atoms with Gasteiger partial charge in [0.1, 0.15) is 5.82 Å². The fraction of sp³-hybridized carbons (Fsp3) is 0.381. The molecule has 4 rings (SSSR count). The number of hydrogen-bond donors (Lipinski definition) is 2. The van der Waals surface area contributed by atoms with Crippen molar-refractivity contribution in [2.75, 3.05) is 6.54 Å². The summed E-state index contributed by atoms with van der Waals surface area (Å²) in [4.78, 5) is 4.89. The number of nitrogens with zero attached hydrogens (tertiary/aromatic N) is 2. The van der Waals surface area contributed by atoms with Gasteiger partial charge in [0.15, 0.2) is 0 Å². The Balaban J connectivity index is 1.58. The van der Waals surface area contributed by atoms with E-state index in [0.717, 1.165) is 42.4 Å². The minimum absolute atomic E-state index is 0.551. The largest absolute Gasteiger partial charge is 0.322 e. The van der Waals surface area contributed by atoms with Crippen molar-refractivity contribution in [2.24, 2.45) is 0 Å². The number of hydrogen-bond acceptors (Lipinski definition) is 3. The molecule has 0 radical (unpaired) electrons. The summed E-state index contributed by atoms with van der Waals surface area (Å²) in [7, 11) is 0. The first-order valence-corrected chi connectivity index (χ1v) is 9.72. The minimum Gasteiger partial charge on any atom is -0.322 e. The maximum atomic E-state index is 6.03. The molecule has 2 heterocycles. The van der Waals surface area contributed by atoms with Gasteiger partial charge in [-0.25, -0.2) is 4.98 Å². The van der Waals surface area contributed by atoms with E-state index in [1.54, 1.807) is 0 Å². The van der Waals surface area contributed by atoms with Crippen LogP contribution in [0, 0.1) is 0 Å². The average molecular weight is 369 g/mol. The Labute approximate surface area is 159 Å². The predicted octanol–water partition coefficient (Wildman–Crippen LogP) is 3.97. The summed E-state index contributed by atoms with van der Waals surface area (Å²) in [6.07, 6.45) is 2.33. The molecule has 5 heteroatoms. The monoisotopic (exact) mass is 368 g/mol. The molecule has 1 aliphatic rings. The predicted molar refractivity (Wildman–Crippen MR) is 108 cm³/mol. The molecule has 1 aliphatic heterocycles. The number of nitrogens with one attached hydrogen (secondary N) is 2. The van der Waals surface area contributed by atoms with Gasteiger partial charge in [0.25, 0.3) is 0 Å². The van der Waals surface area contributed by atoms with Crippen LogP contribution in [-0.4, -0.2) is 28.2 Å². The maximum absolute atomic E-state index is 6.03. The summed E-state index contributed by atoms with van der Waals surface area (Å²) in [5.74, 6) is 1.09. The highest BCUT2D eigenvalue weighted by atomic mass is 35.5. The van der Waals surface area contributed by atoms with Gasteiger partial charge in [0.05, 0.1) is 17.6 Å². The number of aromatic nitrogens is 2. The molecule has 0 spiro atoms. The lowest BCUT2D eigenvalue weighted by molar-refractivity contribution is 0.328. The number of piperidine rings is 1. The lowest BCUT2D eigenvalue weighted by Crippen LogP contribution is -2.44. The van der Waals surface area contributed by atoms with Crippen molar-refractivity contribution in [1.82, 2.24) is 20.2 Å². The third kappa shape index (κ3) is 3.93. The fourth-order valence-electron chi connectivity index (χ4n) is 3.76. The Morgan fingerprint density at radius 3 is 2.81 bits per heavy atom. The van der Waals surface area contributed by atoms with Gasteiger partial charge in [0, 0.05) is 23.7 Å². The van der Waals surface area contributed by atoms with E-state index in [1.165, 1.54) is 17.5 Å². The second-order valence-corrected chi connectivity index (χ2v) is 7.62. The molecule has 2 atom stereocenters. The SMILES string of the molecule is CC1CC(NCc2nc3ccccc3n2Cc2ccc(Cl)cc2)CCN1. The van der Waals surface area contributed by atoms with E-state index in [1.807, 2.05) is 18.2 Å². The quantitative estimate of drug-likeness (QED) is 0.716. The molecule has 26 heavy (non-hydrogen) atoms. The van der Waals surface area contributed by atoms with Crippen LogP contribution in [0.3, 0.4) is 0 Å². The van der Waals surface area contributed by atoms with E-state index < -0.39 is 0 Å². The number of imidazole rings is 1. The van der Waals surface area contributed by atoms with Crippen molar-refractivity contribution in [3.8, 4) is 0 Å². The van der Waals surface area contributed by atoms with E-state index in [0.29, 0.717) is 12.1 Å². The van der Waals surface area contributed by atoms with Crippen LogP contribution in [0.4, 0.5) is 0 Å².